The van der Waals surface area contributed by atoms with Crippen LogP contribution in [0.5, 0.6) is 0 Å². The molecular formula is C9H16N4. The third kappa shape index (κ3) is 3.85. The lowest BCUT2D eigenvalue weighted by Crippen LogP contribution is -2.21. The Morgan fingerprint density at radius 1 is 1.38 bits per heavy atom. The third-order valence-electron chi connectivity index (χ3n) is 1.67. The first-order chi connectivity index (χ1) is 6.18. The molecule has 0 aliphatic heterocycles. The maximum absolute atomic E-state index is 4.10. The van der Waals surface area contributed by atoms with Crippen LogP contribution in [0, 0.1) is 6.92 Å². The highest BCUT2D eigenvalue weighted by Crippen LogP contribution is 2.01. The molecule has 0 aliphatic rings. The largest absolute Gasteiger partial charge is 0.369 e. The minimum absolute atomic E-state index is 0.898. The van der Waals surface area contributed by atoms with E-state index < -0.39 is 0 Å². The van der Waals surface area contributed by atoms with Crippen molar-refractivity contribution in [3.8, 4) is 0 Å². The molecule has 4 nitrogen and oxygen atoms in total. The van der Waals surface area contributed by atoms with Gasteiger partial charge in [0.2, 0.25) is 0 Å². The van der Waals surface area contributed by atoms with Gasteiger partial charge in [0, 0.05) is 24.8 Å². The molecule has 0 saturated heterocycles. The summed E-state index contributed by atoms with van der Waals surface area (Å²) in [6, 6.07) is 1.94. The molecule has 0 aliphatic carbocycles. The zero-order valence-corrected chi connectivity index (χ0v) is 8.41. The lowest BCUT2D eigenvalue weighted by atomic mass is 10.4. The molecule has 0 unspecified atom stereocenters. The van der Waals surface area contributed by atoms with Crippen LogP contribution >= 0.6 is 0 Å². The molecule has 0 radical (unpaired) electrons. The van der Waals surface area contributed by atoms with Crippen molar-refractivity contribution in [3.63, 3.8) is 0 Å². The second-order valence-electron chi connectivity index (χ2n) is 3.27. The Kier molecular flexibility index (Phi) is 3.64. The summed E-state index contributed by atoms with van der Waals surface area (Å²) >= 11 is 0. The fraction of sp³-hybridized carbons (Fsp3) is 0.556. The minimum Gasteiger partial charge on any atom is -0.369 e. The van der Waals surface area contributed by atoms with Gasteiger partial charge < -0.3 is 10.2 Å². The Hall–Kier alpha value is -1.16. The molecule has 0 saturated carbocycles. The van der Waals surface area contributed by atoms with Gasteiger partial charge in [0.1, 0.15) is 12.1 Å². The van der Waals surface area contributed by atoms with Crippen molar-refractivity contribution in [3.05, 3.63) is 18.1 Å². The van der Waals surface area contributed by atoms with E-state index in [1.54, 1.807) is 6.33 Å². The molecule has 1 heterocycles. The first kappa shape index (κ1) is 9.92. The Balaban J connectivity index is 2.37. The first-order valence-corrected chi connectivity index (χ1v) is 4.36. The summed E-state index contributed by atoms with van der Waals surface area (Å²) in [6.45, 7) is 3.87. The van der Waals surface area contributed by atoms with E-state index >= 15 is 0 Å². The summed E-state index contributed by atoms with van der Waals surface area (Å²) < 4.78 is 0. The summed E-state index contributed by atoms with van der Waals surface area (Å²) in [4.78, 5) is 10.2. The highest BCUT2D eigenvalue weighted by molar-refractivity contribution is 5.34. The molecule has 72 valence electrons. The van der Waals surface area contributed by atoms with E-state index in [0.29, 0.717) is 0 Å². The van der Waals surface area contributed by atoms with Crippen LogP contribution in [0.25, 0.3) is 0 Å². The smallest absolute Gasteiger partial charge is 0.129 e. The molecule has 0 spiro atoms. The molecule has 0 atom stereocenters. The van der Waals surface area contributed by atoms with Crippen LogP contribution in [0.4, 0.5) is 5.82 Å². The van der Waals surface area contributed by atoms with E-state index in [-0.39, 0.29) is 0 Å². The van der Waals surface area contributed by atoms with Gasteiger partial charge in [-0.25, -0.2) is 9.97 Å². The molecular weight excluding hydrogens is 164 g/mol. The van der Waals surface area contributed by atoms with Crippen LogP contribution in [-0.4, -0.2) is 42.1 Å². The van der Waals surface area contributed by atoms with Crippen LogP contribution in [0.3, 0.4) is 0 Å². The van der Waals surface area contributed by atoms with Crippen LogP contribution in [0.1, 0.15) is 5.69 Å². The van der Waals surface area contributed by atoms with E-state index in [4.69, 9.17) is 0 Å². The summed E-state index contributed by atoms with van der Waals surface area (Å²) in [5.41, 5.74) is 0.988. The van der Waals surface area contributed by atoms with E-state index in [1.807, 2.05) is 27.1 Å². The van der Waals surface area contributed by atoms with E-state index in [1.165, 1.54) is 0 Å². The Morgan fingerprint density at radius 3 is 2.77 bits per heavy atom. The maximum Gasteiger partial charge on any atom is 0.129 e. The van der Waals surface area contributed by atoms with Gasteiger partial charge >= 0.3 is 0 Å². The number of nitrogens with zero attached hydrogens (tertiary/aromatic N) is 3. The zero-order valence-electron chi connectivity index (χ0n) is 8.41. The lowest BCUT2D eigenvalue weighted by molar-refractivity contribution is 0.425. The number of aromatic nitrogens is 2. The number of nitrogens with one attached hydrogen (secondary N) is 1. The Labute approximate surface area is 79.0 Å². The Bertz CT molecular complexity index is 260. The highest BCUT2D eigenvalue weighted by Gasteiger charge is 1.94. The lowest BCUT2D eigenvalue weighted by Gasteiger charge is -2.10. The molecule has 1 aromatic rings. The summed E-state index contributed by atoms with van der Waals surface area (Å²) in [5, 5.41) is 3.22. The zero-order chi connectivity index (χ0) is 9.68. The first-order valence-electron chi connectivity index (χ1n) is 4.36. The fourth-order valence-electron chi connectivity index (χ4n) is 0.959. The standard InChI is InChI=1S/C9H16N4/c1-8-6-9(12-7-11-8)10-4-5-13(2)3/h6-7H,4-5H2,1-3H3,(H,10,11,12). The number of anilines is 1. The van der Waals surface area contributed by atoms with Gasteiger partial charge in [-0.05, 0) is 21.0 Å². The molecule has 1 aromatic heterocycles. The molecule has 0 aromatic carbocycles. The summed E-state index contributed by atoms with van der Waals surface area (Å²) in [5.74, 6) is 0.898. The van der Waals surface area contributed by atoms with Gasteiger partial charge in [0.05, 0.1) is 0 Å². The van der Waals surface area contributed by atoms with Crippen LogP contribution < -0.4 is 5.32 Å². The highest BCUT2D eigenvalue weighted by atomic mass is 15.1. The van der Waals surface area contributed by atoms with Crippen molar-refractivity contribution < 1.29 is 0 Å². The normalized spacial score (nSPS) is 10.5. The van der Waals surface area contributed by atoms with Gasteiger partial charge in [-0.15, -0.1) is 0 Å². The number of rotatable bonds is 4. The van der Waals surface area contributed by atoms with Crippen molar-refractivity contribution in [2.24, 2.45) is 0 Å². The third-order valence-corrected chi connectivity index (χ3v) is 1.67. The molecule has 13 heavy (non-hydrogen) atoms. The SMILES string of the molecule is Cc1cc(NCCN(C)C)ncn1. The van der Waals surface area contributed by atoms with Crippen LogP contribution in [-0.2, 0) is 0 Å². The summed E-state index contributed by atoms with van der Waals surface area (Å²) in [6.07, 6.45) is 1.58. The van der Waals surface area contributed by atoms with Crippen molar-refractivity contribution >= 4 is 5.82 Å². The van der Waals surface area contributed by atoms with E-state index in [9.17, 15) is 0 Å². The molecule has 1 rings (SSSR count). The minimum atomic E-state index is 0.898. The fourth-order valence-corrected chi connectivity index (χ4v) is 0.959. The number of hydrogen-bond acceptors (Lipinski definition) is 4. The second kappa shape index (κ2) is 4.77. The van der Waals surface area contributed by atoms with Gasteiger partial charge in [-0.3, -0.25) is 0 Å². The van der Waals surface area contributed by atoms with Gasteiger partial charge in [0.25, 0.3) is 0 Å². The average molecular weight is 180 g/mol. The Morgan fingerprint density at radius 2 is 2.15 bits per heavy atom. The average Bonchev–Trinajstić information content (AvgIpc) is 2.03. The topological polar surface area (TPSA) is 41.0 Å². The molecule has 0 amide bonds. The molecule has 0 bridgehead atoms. The molecule has 1 N–H and O–H groups in total. The molecule has 0 fully saturated rings. The van der Waals surface area contributed by atoms with Gasteiger partial charge in [0.15, 0.2) is 0 Å². The van der Waals surface area contributed by atoms with E-state index in [2.05, 4.69) is 20.2 Å². The number of hydrogen-bond donors (Lipinski definition) is 1. The van der Waals surface area contributed by atoms with Gasteiger partial charge in [-0.1, -0.05) is 0 Å². The van der Waals surface area contributed by atoms with Crippen LogP contribution in [0.2, 0.25) is 0 Å². The van der Waals surface area contributed by atoms with Gasteiger partial charge in [-0.2, -0.15) is 0 Å². The van der Waals surface area contributed by atoms with Crippen molar-refractivity contribution in [2.45, 2.75) is 6.92 Å². The second-order valence-corrected chi connectivity index (χ2v) is 3.27. The quantitative estimate of drug-likeness (QED) is 0.742. The maximum atomic E-state index is 4.10. The van der Waals surface area contributed by atoms with Crippen molar-refractivity contribution in [1.29, 1.82) is 0 Å². The van der Waals surface area contributed by atoms with Crippen LogP contribution in [0.15, 0.2) is 12.4 Å². The monoisotopic (exact) mass is 180 g/mol. The number of likely N-dealkylation sites (N-methyl/N-ethyl adjacent to an activating group) is 1. The van der Waals surface area contributed by atoms with E-state index in [0.717, 1.165) is 24.6 Å². The van der Waals surface area contributed by atoms with Crippen molar-refractivity contribution in [1.82, 2.24) is 14.9 Å². The summed E-state index contributed by atoms with van der Waals surface area (Å²) in [7, 11) is 4.10. The predicted octanol–water partition coefficient (Wildman–Crippen LogP) is 0.759. The van der Waals surface area contributed by atoms with Crippen molar-refractivity contribution in [2.75, 3.05) is 32.5 Å². The molecule has 4 heteroatoms. The number of aryl methyl sites for hydroxylation is 1. The predicted molar refractivity (Wildman–Crippen MR) is 53.8 cm³/mol.